The van der Waals surface area contributed by atoms with Gasteiger partial charge in [-0.25, -0.2) is 9.97 Å². The van der Waals surface area contributed by atoms with Crippen LogP contribution >= 0.6 is 0 Å². The quantitative estimate of drug-likeness (QED) is 0.694. The first-order valence-corrected chi connectivity index (χ1v) is 9.49. The molecule has 2 heterocycles. The fourth-order valence-electron chi connectivity index (χ4n) is 3.31. The second kappa shape index (κ2) is 8.08. The van der Waals surface area contributed by atoms with Crippen LogP contribution in [0.2, 0.25) is 0 Å². The average Bonchev–Trinajstić information content (AvgIpc) is 3.24. The van der Waals surface area contributed by atoms with E-state index < -0.39 is 0 Å². The molecule has 3 aromatic rings. The summed E-state index contributed by atoms with van der Waals surface area (Å²) in [6.07, 6.45) is 5.53. The third-order valence-corrected chi connectivity index (χ3v) is 4.77. The lowest BCUT2D eigenvalue weighted by Gasteiger charge is -2.17. The minimum absolute atomic E-state index is 0.275. The normalized spacial score (nSPS) is 13.4. The number of hydrogen-bond acceptors (Lipinski definition) is 5. The van der Waals surface area contributed by atoms with Gasteiger partial charge in [0.15, 0.2) is 0 Å². The van der Waals surface area contributed by atoms with Crippen molar-refractivity contribution in [2.45, 2.75) is 19.8 Å². The molecule has 1 amide bonds. The number of amides is 1. The van der Waals surface area contributed by atoms with Crippen LogP contribution in [0.15, 0.2) is 60.9 Å². The lowest BCUT2D eigenvalue weighted by Crippen LogP contribution is -2.18. The Morgan fingerprint density at radius 1 is 0.964 bits per heavy atom. The number of hydrogen-bond donors (Lipinski definition) is 2. The van der Waals surface area contributed by atoms with Crippen LogP contribution in [0.4, 0.5) is 22.9 Å². The lowest BCUT2D eigenvalue weighted by atomic mass is 10.2. The summed E-state index contributed by atoms with van der Waals surface area (Å²) in [5.41, 5.74) is 4.31. The van der Waals surface area contributed by atoms with Crippen LogP contribution < -0.4 is 15.5 Å². The Kier molecular flexibility index (Phi) is 5.19. The van der Waals surface area contributed by atoms with E-state index in [1.807, 2.05) is 55.5 Å². The Hall–Kier alpha value is -3.41. The Morgan fingerprint density at radius 2 is 1.75 bits per heavy atom. The molecule has 1 aliphatic rings. The van der Waals surface area contributed by atoms with E-state index in [2.05, 4.69) is 25.5 Å². The number of aromatic nitrogens is 2. The Morgan fingerprint density at radius 3 is 2.43 bits per heavy atom. The monoisotopic (exact) mass is 373 g/mol. The van der Waals surface area contributed by atoms with E-state index in [1.54, 1.807) is 6.20 Å². The number of nitrogens with zero attached hydrogens (tertiary/aromatic N) is 3. The first kappa shape index (κ1) is 18.0. The second-order valence-electron chi connectivity index (χ2n) is 6.98. The summed E-state index contributed by atoms with van der Waals surface area (Å²) >= 11 is 0. The highest BCUT2D eigenvalue weighted by molar-refractivity contribution is 6.02. The Balaban J connectivity index is 1.38. The van der Waals surface area contributed by atoms with Gasteiger partial charge >= 0.3 is 0 Å². The molecule has 0 saturated carbocycles. The number of rotatable bonds is 5. The molecule has 0 unspecified atom stereocenters. The maximum absolute atomic E-state index is 12.4. The van der Waals surface area contributed by atoms with Gasteiger partial charge in [0.05, 0.1) is 12.4 Å². The van der Waals surface area contributed by atoms with E-state index >= 15 is 0 Å². The smallest absolute Gasteiger partial charge is 0.275 e. The highest BCUT2D eigenvalue weighted by atomic mass is 16.1. The van der Waals surface area contributed by atoms with Gasteiger partial charge in [-0.3, -0.25) is 4.79 Å². The standard InChI is InChI=1S/C22H23N5O/c1-16-5-4-6-18(13-16)25-21-15-23-20(14-24-21)22(28)26-17-7-9-19(10-8-17)27-11-2-3-12-27/h4-10,13-15H,2-3,11-12H2,1H3,(H,24,25)(H,26,28). The molecule has 1 aliphatic heterocycles. The summed E-state index contributed by atoms with van der Waals surface area (Å²) in [5, 5.41) is 6.06. The fraction of sp³-hybridized carbons (Fsp3) is 0.227. The number of aryl methyl sites for hydroxylation is 1. The molecule has 0 aliphatic carbocycles. The molecule has 2 N–H and O–H groups in total. The van der Waals surface area contributed by atoms with Crippen molar-refractivity contribution in [2.75, 3.05) is 28.6 Å². The van der Waals surface area contributed by atoms with E-state index in [1.165, 1.54) is 24.7 Å². The highest BCUT2D eigenvalue weighted by Gasteiger charge is 2.13. The lowest BCUT2D eigenvalue weighted by molar-refractivity contribution is 0.102. The highest BCUT2D eigenvalue weighted by Crippen LogP contribution is 2.22. The Labute approximate surface area is 164 Å². The largest absolute Gasteiger partial charge is 0.372 e. The molecular formula is C22H23N5O. The van der Waals surface area contributed by atoms with Crippen molar-refractivity contribution in [1.82, 2.24) is 9.97 Å². The maximum atomic E-state index is 12.4. The third-order valence-electron chi connectivity index (χ3n) is 4.77. The number of anilines is 4. The third kappa shape index (κ3) is 4.28. The zero-order chi connectivity index (χ0) is 19.3. The van der Waals surface area contributed by atoms with Gasteiger partial charge in [-0.05, 0) is 61.7 Å². The number of nitrogens with one attached hydrogen (secondary N) is 2. The van der Waals surface area contributed by atoms with Gasteiger partial charge in [-0.2, -0.15) is 0 Å². The molecule has 28 heavy (non-hydrogen) atoms. The number of carbonyl (C=O) groups excluding carboxylic acids is 1. The minimum Gasteiger partial charge on any atom is -0.372 e. The summed E-state index contributed by atoms with van der Waals surface area (Å²) in [7, 11) is 0. The van der Waals surface area contributed by atoms with Crippen molar-refractivity contribution in [1.29, 1.82) is 0 Å². The fourth-order valence-corrected chi connectivity index (χ4v) is 3.31. The van der Waals surface area contributed by atoms with E-state index in [0.29, 0.717) is 5.82 Å². The molecular weight excluding hydrogens is 350 g/mol. The topological polar surface area (TPSA) is 70.2 Å². The first-order chi connectivity index (χ1) is 13.7. The second-order valence-corrected chi connectivity index (χ2v) is 6.98. The molecule has 0 radical (unpaired) electrons. The SMILES string of the molecule is Cc1cccc(Nc2cnc(C(=O)Nc3ccc(N4CCCC4)cc3)cn2)c1. The molecule has 2 aromatic carbocycles. The molecule has 1 fully saturated rings. The van der Waals surface area contributed by atoms with E-state index in [0.717, 1.165) is 30.0 Å². The van der Waals surface area contributed by atoms with Crippen LogP contribution in [0.1, 0.15) is 28.9 Å². The van der Waals surface area contributed by atoms with Crippen LogP contribution in [0, 0.1) is 6.92 Å². The zero-order valence-electron chi connectivity index (χ0n) is 15.9. The van der Waals surface area contributed by atoms with E-state index in [9.17, 15) is 4.79 Å². The van der Waals surface area contributed by atoms with Crippen molar-refractivity contribution in [2.24, 2.45) is 0 Å². The molecule has 1 saturated heterocycles. The van der Waals surface area contributed by atoms with E-state index in [4.69, 9.17) is 0 Å². The molecule has 1 aromatic heterocycles. The first-order valence-electron chi connectivity index (χ1n) is 9.49. The van der Waals surface area contributed by atoms with Crippen molar-refractivity contribution in [3.63, 3.8) is 0 Å². The van der Waals surface area contributed by atoms with Crippen molar-refractivity contribution < 1.29 is 4.79 Å². The number of carbonyl (C=O) groups is 1. The van der Waals surface area contributed by atoms with Gasteiger partial charge in [0.25, 0.3) is 5.91 Å². The van der Waals surface area contributed by atoms with Gasteiger partial charge in [-0.1, -0.05) is 12.1 Å². The molecule has 6 nitrogen and oxygen atoms in total. The van der Waals surface area contributed by atoms with Crippen molar-refractivity contribution >= 4 is 28.8 Å². The van der Waals surface area contributed by atoms with Crippen LogP contribution in [0.3, 0.4) is 0 Å². The number of benzene rings is 2. The van der Waals surface area contributed by atoms with Gasteiger partial charge in [0.2, 0.25) is 0 Å². The molecule has 0 bridgehead atoms. The summed E-state index contributed by atoms with van der Waals surface area (Å²) in [5.74, 6) is 0.320. The van der Waals surface area contributed by atoms with Gasteiger partial charge in [0.1, 0.15) is 11.5 Å². The van der Waals surface area contributed by atoms with Gasteiger partial charge in [-0.15, -0.1) is 0 Å². The summed E-state index contributed by atoms with van der Waals surface area (Å²) in [6.45, 7) is 4.23. The van der Waals surface area contributed by atoms with Crippen LogP contribution in [-0.4, -0.2) is 29.0 Å². The molecule has 6 heteroatoms. The summed E-state index contributed by atoms with van der Waals surface area (Å²) in [6, 6.07) is 15.9. The predicted octanol–water partition coefficient (Wildman–Crippen LogP) is 4.38. The molecule has 4 rings (SSSR count). The van der Waals surface area contributed by atoms with Crippen molar-refractivity contribution in [3.8, 4) is 0 Å². The van der Waals surface area contributed by atoms with Crippen LogP contribution in [0.5, 0.6) is 0 Å². The minimum atomic E-state index is -0.275. The predicted molar refractivity (Wildman–Crippen MR) is 112 cm³/mol. The summed E-state index contributed by atoms with van der Waals surface area (Å²) in [4.78, 5) is 23.3. The molecule has 0 atom stereocenters. The van der Waals surface area contributed by atoms with Crippen LogP contribution in [0.25, 0.3) is 0 Å². The van der Waals surface area contributed by atoms with E-state index in [-0.39, 0.29) is 11.6 Å². The van der Waals surface area contributed by atoms with Crippen LogP contribution in [-0.2, 0) is 0 Å². The van der Waals surface area contributed by atoms with Crippen molar-refractivity contribution in [3.05, 3.63) is 72.2 Å². The van der Waals surface area contributed by atoms with Gasteiger partial charge < -0.3 is 15.5 Å². The molecule has 142 valence electrons. The zero-order valence-corrected chi connectivity index (χ0v) is 15.9. The average molecular weight is 373 g/mol. The maximum Gasteiger partial charge on any atom is 0.275 e. The Bertz CT molecular complexity index is 947. The molecule has 0 spiro atoms. The van der Waals surface area contributed by atoms with Gasteiger partial charge in [0, 0.05) is 30.2 Å². The summed E-state index contributed by atoms with van der Waals surface area (Å²) < 4.78 is 0.